The Kier molecular flexibility index (Phi) is 6.91. The van der Waals surface area contributed by atoms with Crippen molar-refractivity contribution in [1.29, 1.82) is 0 Å². The van der Waals surface area contributed by atoms with E-state index in [4.69, 9.17) is 5.84 Å². The van der Waals surface area contributed by atoms with E-state index in [-0.39, 0.29) is 12.0 Å². The molecule has 7 heteroatoms. The molecule has 0 spiro atoms. The molecule has 0 radical (unpaired) electrons. The second kappa shape index (κ2) is 9.80. The summed E-state index contributed by atoms with van der Waals surface area (Å²) in [5, 5.41) is 12.5. The van der Waals surface area contributed by atoms with Crippen LogP contribution < -0.4 is 16.6 Å². The molecule has 1 aromatic carbocycles. The highest BCUT2D eigenvalue weighted by Crippen LogP contribution is 2.16. The third-order valence-corrected chi connectivity index (χ3v) is 4.54. The molecule has 28 heavy (non-hydrogen) atoms. The molecule has 7 nitrogen and oxygen atoms in total. The molecular formula is C21H25N5O2. The second-order valence-electron chi connectivity index (χ2n) is 6.70. The molecule has 2 aromatic rings. The molecule has 5 N–H and O–H groups in total. The molecule has 1 aliphatic rings. The Morgan fingerprint density at radius 1 is 1.25 bits per heavy atom. The van der Waals surface area contributed by atoms with Gasteiger partial charge in [-0.15, -0.1) is 0 Å². The maximum Gasteiger partial charge on any atom is 0.248 e. The van der Waals surface area contributed by atoms with Crippen molar-refractivity contribution >= 4 is 23.7 Å². The van der Waals surface area contributed by atoms with Gasteiger partial charge in [-0.2, -0.15) is 0 Å². The lowest BCUT2D eigenvalue weighted by molar-refractivity contribution is -0.111. The van der Waals surface area contributed by atoms with Gasteiger partial charge in [0, 0.05) is 55.6 Å². The summed E-state index contributed by atoms with van der Waals surface area (Å²) in [4.78, 5) is 18.5. The molecule has 1 aliphatic heterocycles. The van der Waals surface area contributed by atoms with Crippen molar-refractivity contribution in [2.75, 3.05) is 18.4 Å². The van der Waals surface area contributed by atoms with Gasteiger partial charge in [-0.05, 0) is 47.9 Å². The highest BCUT2D eigenvalue weighted by Gasteiger charge is 2.19. The van der Waals surface area contributed by atoms with Crippen molar-refractivity contribution < 1.29 is 9.90 Å². The lowest BCUT2D eigenvalue weighted by Crippen LogP contribution is -2.21. The number of amides is 1. The Bertz CT molecular complexity index is 848. The van der Waals surface area contributed by atoms with Crippen LogP contribution in [0.2, 0.25) is 0 Å². The minimum Gasteiger partial charge on any atom is -0.392 e. The van der Waals surface area contributed by atoms with Gasteiger partial charge in [0.15, 0.2) is 0 Å². The molecule has 0 aliphatic carbocycles. The summed E-state index contributed by atoms with van der Waals surface area (Å²) < 4.78 is 0. The predicted octanol–water partition coefficient (Wildman–Crippen LogP) is 1.73. The molecule has 1 aromatic heterocycles. The normalized spacial score (nSPS) is 17.4. The van der Waals surface area contributed by atoms with Gasteiger partial charge in [0.05, 0.1) is 6.10 Å². The number of nitrogens with one attached hydrogen (secondary N) is 2. The van der Waals surface area contributed by atoms with Crippen LogP contribution in [0.25, 0.3) is 12.2 Å². The van der Waals surface area contributed by atoms with E-state index in [2.05, 4.69) is 20.6 Å². The number of aliphatic hydroxyl groups is 1. The smallest absolute Gasteiger partial charge is 0.248 e. The van der Waals surface area contributed by atoms with Gasteiger partial charge in [-0.25, -0.2) is 0 Å². The number of pyridine rings is 1. The fraction of sp³-hybridized carbons (Fsp3) is 0.238. The van der Waals surface area contributed by atoms with Crippen molar-refractivity contribution in [3.8, 4) is 0 Å². The van der Waals surface area contributed by atoms with E-state index in [0.29, 0.717) is 0 Å². The van der Waals surface area contributed by atoms with Crippen LogP contribution in [0.4, 0.5) is 5.69 Å². The summed E-state index contributed by atoms with van der Waals surface area (Å²) in [6.45, 7) is 2.44. The SMILES string of the molecule is NN/C=C/c1ccncc1/C=C/C(=O)Nc1ccc(CN2CCC(O)C2)cc1. The summed E-state index contributed by atoms with van der Waals surface area (Å²) in [7, 11) is 0. The van der Waals surface area contributed by atoms with Crippen LogP contribution in [0.5, 0.6) is 0 Å². The van der Waals surface area contributed by atoms with E-state index >= 15 is 0 Å². The van der Waals surface area contributed by atoms with Crippen LogP contribution in [0.1, 0.15) is 23.1 Å². The molecule has 146 valence electrons. The van der Waals surface area contributed by atoms with Gasteiger partial charge in [0.1, 0.15) is 0 Å². The van der Waals surface area contributed by atoms with E-state index in [0.717, 1.165) is 48.4 Å². The highest BCUT2D eigenvalue weighted by atomic mass is 16.3. The number of nitrogens with zero attached hydrogens (tertiary/aromatic N) is 2. The highest BCUT2D eigenvalue weighted by molar-refractivity contribution is 6.02. The first-order valence-electron chi connectivity index (χ1n) is 9.19. The number of aromatic nitrogens is 1. The number of hydrazine groups is 1. The number of rotatable bonds is 7. The predicted molar refractivity (Wildman–Crippen MR) is 111 cm³/mol. The zero-order valence-corrected chi connectivity index (χ0v) is 15.6. The third-order valence-electron chi connectivity index (χ3n) is 4.54. The molecular weight excluding hydrogens is 354 g/mol. The number of aliphatic hydroxyl groups excluding tert-OH is 1. The van der Waals surface area contributed by atoms with E-state index in [9.17, 15) is 9.90 Å². The number of nitrogens with two attached hydrogens (primary N) is 1. The minimum absolute atomic E-state index is 0.215. The molecule has 3 rings (SSSR count). The number of carbonyl (C=O) groups is 1. The second-order valence-corrected chi connectivity index (χ2v) is 6.70. The zero-order chi connectivity index (χ0) is 19.8. The average molecular weight is 379 g/mol. The van der Waals surface area contributed by atoms with E-state index in [1.54, 1.807) is 30.7 Å². The van der Waals surface area contributed by atoms with E-state index in [1.165, 1.54) is 6.08 Å². The largest absolute Gasteiger partial charge is 0.392 e. The monoisotopic (exact) mass is 379 g/mol. The molecule has 1 fully saturated rings. The zero-order valence-electron chi connectivity index (χ0n) is 15.6. The molecule has 0 saturated carbocycles. The first-order valence-corrected chi connectivity index (χ1v) is 9.19. The number of benzene rings is 1. The Morgan fingerprint density at radius 2 is 2.07 bits per heavy atom. The Hall–Kier alpha value is -3.00. The average Bonchev–Trinajstić information content (AvgIpc) is 3.11. The van der Waals surface area contributed by atoms with Crippen LogP contribution >= 0.6 is 0 Å². The van der Waals surface area contributed by atoms with Gasteiger partial charge in [0.25, 0.3) is 0 Å². The molecule has 0 bridgehead atoms. The lowest BCUT2D eigenvalue weighted by Gasteiger charge is -2.15. The quantitative estimate of drug-likeness (QED) is 0.332. The van der Waals surface area contributed by atoms with Gasteiger partial charge in [-0.3, -0.25) is 20.5 Å². The van der Waals surface area contributed by atoms with Gasteiger partial charge >= 0.3 is 0 Å². The van der Waals surface area contributed by atoms with Gasteiger partial charge < -0.3 is 15.8 Å². The summed E-state index contributed by atoms with van der Waals surface area (Å²) in [6, 6.07) is 9.60. The number of likely N-dealkylation sites (tertiary alicyclic amines) is 1. The van der Waals surface area contributed by atoms with Crippen LogP contribution in [-0.4, -0.2) is 40.1 Å². The number of anilines is 1. The number of hydrogen-bond donors (Lipinski definition) is 4. The van der Waals surface area contributed by atoms with Crippen molar-refractivity contribution in [2.45, 2.75) is 19.1 Å². The van der Waals surface area contributed by atoms with Crippen LogP contribution in [0, 0.1) is 0 Å². The number of carbonyl (C=O) groups excluding carboxylic acids is 1. The lowest BCUT2D eigenvalue weighted by atomic mass is 10.1. The third kappa shape index (κ3) is 5.75. The molecule has 1 atom stereocenters. The number of hydrogen-bond acceptors (Lipinski definition) is 6. The maximum absolute atomic E-state index is 12.2. The van der Waals surface area contributed by atoms with Crippen LogP contribution in [0.15, 0.2) is 55.0 Å². The molecule has 1 unspecified atom stereocenters. The van der Waals surface area contributed by atoms with Crippen molar-refractivity contribution in [3.63, 3.8) is 0 Å². The van der Waals surface area contributed by atoms with Gasteiger partial charge in [0.2, 0.25) is 5.91 Å². The van der Waals surface area contributed by atoms with Crippen LogP contribution in [-0.2, 0) is 11.3 Å². The topological polar surface area (TPSA) is 104 Å². The summed E-state index contributed by atoms with van der Waals surface area (Å²) in [5.74, 6) is 5.03. The fourth-order valence-corrected chi connectivity index (χ4v) is 3.10. The Labute approximate surface area is 164 Å². The van der Waals surface area contributed by atoms with E-state index in [1.807, 2.05) is 30.3 Å². The van der Waals surface area contributed by atoms with Crippen molar-refractivity contribution in [2.24, 2.45) is 5.84 Å². The summed E-state index contributed by atoms with van der Waals surface area (Å²) >= 11 is 0. The first-order chi connectivity index (χ1) is 13.6. The van der Waals surface area contributed by atoms with E-state index < -0.39 is 0 Å². The summed E-state index contributed by atoms with van der Waals surface area (Å²) in [6.07, 6.45) is 10.6. The van der Waals surface area contributed by atoms with Gasteiger partial charge in [-0.1, -0.05) is 12.1 Å². The molecule has 1 saturated heterocycles. The standard InChI is InChI=1S/C21H25N5O2/c22-24-11-8-17-7-10-23-13-18(17)3-6-21(28)25-19-4-1-16(2-5-19)14-26-12-9-20(27)15-26/h1-8,10-11,13,20,24,27H,9,12,14-15,22H2,(H,25,28)/b6-3+,11-8+. The van der Waals surface area contributed by atoms with Crippen molar-refractivity contribution in [3.05, 3.63) is 71.7 Å². The minimum atomic E-state index is -0.217. The Balaban J connectivity index is 1.56. The molecule has 2 heterocycles. The Morgan fingerprint density at radius 3 is 2.79 bits per heavy atom. The maximum atomic E-state index is 12.2. The van der Waals surface area contributed by atoms with Crippen molar-refractivity contribution in [1.82, 2.24) is 15.3 Å². The summed E-state index contributed by atoms with van der Waals surface area (Å²) in [5.41, 5.74) is 6.05. The first kappa shape index (κ1) is 19.8. The molecule has 1 amide bonds. The fourth-order valence-electron chi connectivity index (χ4n) is 3.10. The van der Waals surface area contributed by atoms with Crippen LogP contribution in [0.3, 0.4) is 0 Å². The number of β-amino-alcohol motifs (C(OH)–C–C–N with tert-alkyl or cyclic N) is 1.